The van der Waals surface area contributed by atoms with Gasteiger partial charge < -0.3 is 20.6 Å². The van der Waals surface area contributed by atoms with Crippen molar-refractivity contribution in [2.75, 3.05) is 26.4 Å². The van der Waals surface area contributed by atoms with Crippen LogP contribution in [0.25, 0.3) is 0 Å². The van der Waals surface area contributed by atoms with Crippen molar-refractivity contribution in [3.8, 4) is 6.07 Å². The van der Waals surface area contributed by atoms with Crippen LogP contribution in [-0.2, 0) is 0 Å². The Labute approximate surface area is 103 Å². The molecule has 0 spiro atoms. The van der Waals surface area contributed by atoms with Crippen LogP contribution in [0.15, 0.2) is 0 Å². The predicted octanol–water partition coefficient (Wildman–Crippen LogP) is 0.0118. The van der Waals surface area contributed by atoms with Crippen LogP contribution in [0.1, 0.15) is 33.1 Å². The van der Waals surface area contributed by atoms with Crippen molar-refractivity contribution in [2.45, 2.75) is 38.6 Å². The number of unbranched alkanes of at least 4 members (excludes halogenated alkanes) is 1. The number of hydrogen-bond donors (Lipinski definition) is 4. The van der Waals surface area contributed by atoms with E-state index in [2.05, 4.69) is 11.4 Å². The molecular weight excluding hydrogens is 220 g/mol. The average Bonchev–Trinajstić information content (AvgIpc) is 2.34. The van der Waals surface area contributed by atoms with E-state index in [1.807, 2.05) is 13.8 Å². The number of nitrogens with zero attached hydrogens (tertiary/aromatic N) is 1. The van der Waals surface area contributed by atoms with Crippen LogP contribution in [-0.4, -0.2) is 47.2 Å². The van der Waals surface area contributed by atoms with Crippen LogP contribution in [0.2, 0.25) is 0 Å². The van der Waals surface area contributed by atoms with Crippen molar-refractivity contribution >= 4 is 0 Å². The van der Waals surface area contributed by atoms with Gasteiger partial charge >= 0.3 is 0 Å². The van der Waals surface area contributed by atoms with E-state index in [4.69, 9.17) is 20.6 Å². The third-order valence-electron chi connectivity index (χ3n) is 2.94. The summed E-state index contributed by atoms with van der Waals surface area (Å²) >= 11 is 0. The lowest BCUT2D eigenvalue weighted by atomic mass is 9.89. The van der Waals surface area contributed by atoms with Crippen molar-refractivity contribution in [3.05, 3.63) is 0 Å². The van der Waals surface area contributed by atoms with Crippen molar-refractivity contribution in [2.24, 2.45) is 5.41 Å². The lowest BCUT2D eigenvalue weighted by Gasteiger charge is -2.29. The maximum atomic E-state index is 9.07. The summed E-state index contributed by atoms with van der Waals surface area (Å²) < 4.78 is 0. The molecule has 0 radical (unpaired) electrons. The summed E-state index contributed by atoms with van der Waals surface area (Å²) in [6, 6.07) is 2.24. The molecule has 0 heterocycles. The molecule has 0 aromatic rings. The summed E-state index contributed by atoms with van der Waals surface area (Å²) in [6.07, 6.45) is 2.55. The van der Waals surface area contributed by atoms with E-state index in [1.165, 1.54) is 0 Å². The van der Waals surface area contributed by atoms with Gasteiger partial charge in [0.15, 0.2) is 0 Å². The van der Waals surface area contributed by atoms with Gasteiger partial charge in [-0.25, -0.2) is 0 Å². The van der Waals surface area contributed by atoms with Gasteiger partial charge in [0.25, 0.3) is 0 Å². The molecule has 0 aliphatic carbocycles. The number of rotatable bonds is 9. The lowest BCUT2D eigenvalue weighted by molar-refractivity contribution is 0.0424. The highest BCUT2D eigenvalue weighted by atomic mass is 16.3. The summed E-state index contributed by atoms with van der Waals surface area (Å²) in [5, 5.41) is 39.0. The molecule has 4 N–H and O–H groups in total. The summed E-state index contributed by atoms with van der Waals surface area (Å²) in [5.74, 6) is 0. The van der Waals surface area contributed by atoms with E-state index >= 15 is 0 Å². The summed E-state index contributed by atoms with van der Waals surface area (Å²) in [7, 11) is 0. The van der Waals surface area contributed by atoms with Crippen LogP contribution in [0.4, 0.5) is 0 Å². The third kappa shape index (κ3) is 5.99. The van der Waals surface area contributed by atoms with E-state index in [-0.39, 0.29) is 25.2 Å². The van der Waals surface area contributed by atoms with Gasteiger partial charge in [-0.1, -0.05) is 6.42 Å². The van der Waals surface area contributed by atoms with Crippen molar-refractivity contribution in [1.29, 1.82) is 5.26 Å². The Kier molecular flexibility index (Phi) is 7.32. The molecule has 0 unspecified atom stereocenters. The molecule has 5 nitrogen and oxygen atoms in total. The molecule has 0 aliphatic rings. The van der Waals surface area contributed by atoms with E-state index in [9.17, 15) is 0 Å². The maximum Gasteiger partial charge on any atom is 0.0881 e. The zero-order valence-corrected chi connectivity index (χ0v) is 10.7. The Balaban J connectivity index is 3.81. The molecule has 0 aliphatic heterocycles. The second kappa shape index (κ2) is 7.62. The fourth-order valence-corrected chi connectivity index (χ4v) is 1.42. The number of nitriles is 1. The Morgan fingerprint density at radius 1 is 1.06 bits per heavy atom. The van der Waals surface area contributed by atoms with Crippen LogP contribution >= 0.6 is 0 Å². The quantitative estimate of drug-likeness (QED) is 0.429. The van der Waals surface area contributed by atoms with Gasteiger partial charge in [0.2, 0.25) is 0 Å². The molecule has 0 aromatic carbocycles. The molecule has 100 valence electrons. The van der Waals surface area contributed by atoms with Crippen LogP contribution < -0.4 is 5.32 Å². The van der Waals surface area contributed by atoms with Gasteiger partial charge in [-0.3, -0.25) is 0 Å². The first-order valence-electron chi connectivity index (χ1n) is 5.94. The molecule has 0 rings (SSSR count). The van der Waals surface area contributed by atoms with Crippen LogP contribution in [0.3, 0.4) is 0 Å². The monoisotopic (exact) mass is 244 g/mol. The number of hydrogen-bond acceptors (Lipinski definition) is 5. The van der Waals surface area contributed by atoms with E-state index in [0.717, 1.165) is 19.3 Å². The minimum atomic E-state index is -0.995. The van der Waals surface area contributed by atoms with Crippen LogP contribution in [0, 0.1) is 16.7 Å². The number of aliphatic hydroxyl groups excluding tert-OH is 3. The summed E-state index contributed by atoms with van der Waals surface area (Å²) in [6.45, 7) is 3.50. The molecule has 0 aromatic heterocycles. The van der Waals surface area contributed by atoms with Gasteiger partial charge in [0.05, 0.1) is 36.8 Å². The standard InChI is InChI=1S/C12H24N2O3/c1-11(2,7-13)5-3-4-6-14-12(8-15,9-16)10-17/h14-17H,3-6,8-10H2,1-2H3. The molecule has 0 amide bonds. The molecule has 0 atom stereocenters. The topological polar surface area (TPSA) is 96.5 Å². The molecule has 0 fully saturated rings. The zero-order chi connectivity index (χ0) is 13.4. The highest BCUT2D eigenvalue weighted by Crippen LogP contribution is 2.21. The van der Waals surface area contributed by atoms with Crippen molar-refractivity contribution in [1.82, 2.24) is 5.32 Å². The normalized spacial score (nSPS) is 12.5. The average molecular weight is 244 g/mol. The van der Waals surface area contributed by atoms with Gasteiger partial charge in [-0.2, -0.15) is 5.26 Å². The Morgan fingerprint density at radius 3 is 2.00 bits per heavy atom. The van der Waals surface area contributed by atoms with Gasteiger partial charge in [-0.05, 0) is 33.2 Å². The van der Waals surface area contributed by atoms with E-state index in [1.54, 1.807) is 0 Å². The predicted molar refractivity (Wildman–Crippen MR) is 65.2 cm³/mol. The highest BCUT2D eigenvalue weighted by molar-refractivity contribution is 4.91. The van der Waals surface area contributed by atoms with Crippen molar-refractivity contribution in [3.63, 3.8) is 0 Å². The Hall–Kier alpha value is -0.670. The second-order valence-corrected chi connectivity index (χ2v) is 5.13. The first kappa shape index (κ1) is 16.3. The molecule has 0 bridgehead atoms. The fourth-order valence-electron chi connectivity index (χ4n) is 1.42. The summed E-state index contributed by atoms with van der Waals surface area (Å²) in [4.78, 5) is 0. The first-order valence-corrected chi connectivity index (χ1v) is 5.94. The SMILES string of the molecule is CC(C)(C#N)CCCCNC(CO)(CO)CO. The lowest BCUT2D eigenvalue weighted by Crippen LogP contribution is -2.55. The smallest absolute Gasteiger partial charge is 0.0881 e. The van der Waals surface area contributed by atoms with E-state index in [0.29, 0.717) is 6.54 Å². The summed E-state index contributed by atoms with van der Waals surface area (Å²) in [5.41, 5.74) is -1.30. The minimum absolute atomic E-state index is 0.302. The highest BCUT2D eigenvalue weighted by Gasteiger charge is 2.26. The molecule has 0 saturated carbocycles. The van der Waals surface area contributed by atoms with Crippen LogP contribution in [0.5, 0.6) is 0 Å². The second-order valence-electron chi connectivity index (χ2n) is 5.13. The number of aliphatic hydroxyl groups is 3. The molecule has 5 heteroatoms. The first-order chi connectivity index (χ1) is 7.95. The number of nitrogens with one attached hydrogen (secondary N) is 1. The Bertz CT molecular complexity index is 236. The van der Waals surface area contributed by atoms with Gasteiger partial charge in [0.1, 0.15) is 0 Å². The third-order valence-corrected chi connectivity index (χ3v) is 2.94. The van der Waals surface area contributed by atoms with Crippen molar-refractivity contribution < 1.29 is 15.3 Å². The zero-order valence-electron chi connectivity index (χ0n) is 10.7. The largest absolute Gasteiger partial charge is 0.394 e. The molecular formula is C12H24N2O3. The van der Waals surface area contributed by atoms with E-state index < -0.39 is 5.54 Å². The van der Waals surface area contributed by atoms with Gasteiger partial charge in [0, 0.05) is 0 Å². The minimum Gasteiger partial charge on any atom is -0.394 e. The Morgan fingerprint density at radius 2 is 1.59 bits per heavy atom. The maximum absolute atomic E-state index is 9.07. The fraction of sp³-hybridized carbons (Fsp3) is 0.917. The van der Waals surface area contributed by atoms with Gasteiger partial charge in [-0.15, -0.1) is 0 Å². The molecule has 17 heavy (non-hydrogen) atoms. The molecule has 0 saturated heterocycles.